The van der Waals surface area contributed by atoms with E-state index in [0.29, 0.717) is 13.0 Å². The van der Waals surface area contributed by atoms with E-state index in [9.17, 15) is 4.79 Å². The SMILES string of the molecule is C1=CCCC=C1.CCCC(=O)OCC.c1ccc2[nH]nnc2c1. The quantitative estimate of drug-likeness (QED) is 0.862. The fourth-order valence-corrected chi connectivity index (χ4v) is 1.77. The van der Waals surface area contributed by atoms with Crippen LogP contribution in [0, 0.1) is 0 Å². The Morgan fingerprint density at radius 3 is 2.39 bits per heavy atom. The molecule has 23 heavy (non-hydrogen) atoms. The van der Waals surface area contributed by atoms with E-state index in [1.807, 2.05) is 38.1 Å². The van der Waals surface area contributed by atoms with Crippen LogP contribution in [-0.2, 0) is 9.53 Å². The average molecular weight is 315 g/mol. The highest BCUT2D eigenvalue weighted by atomic mass is 16.5. The molecule has 1 aromatic heterocycles. The summed E-state index contributed by atoms with van der Waals surface area (Å²) in [5.41, 5.74) is 1.90. The highest BCUT2D eigenvalue weighted by Gasteiger charge is 1.95. The molecule has 0 spiro atoms. The van der Waals surface area contributed by atoms with E-state index in [2.05, 4.69) is 44.5 Å². The van der Waals surface area contributed by atoms with Crippen LogP contribution in [0.4, 0.5) is 0 Å². The zero-order valence-electron chi connectivity index (χ0n) is 13.9. The largest absolute Gasteiger partial charge is 0.466 e. The molecule has 5 nitrogen and oxygen atoms in total. The number of esters is 1. The predicted octanol–water partition coefficient (Wildman–Crippen LogP) is 4.20. The fraction of sp³-hybridized carbons (Fsp3) is 0.389. The Labute approximate surface area is 137 Å². The molecule has 124 valence electrons. The van der Waals surface area contributed by atoms with Gasteiger partial charge in [0.05, 0.1) is 12.1 Å². The number of para-hydroxylation sites is 1. The average Bonchev–Trinajstić information content (AvgIpc) is 3.07. The van der Waals surface area contributed by atoms with Crippen LogP contribution in [0.2, 0.25) is 0 Å². The topological polar surface area (TPSA) is 67.9 Å². The molecule has 0 aliphatic heterocycles. The van der Waals surface area contributed by atoms with Crippen molar-refractivity contribution >= 4 is 17.0 Å². The monoisotopic (exact) mass is 315 g/mol. The lowest BCUT2D eigenvalue weighted by Crippen LogP contribution is -2.01. The Morgan fingerprint density at radius 2 is 1.87 bits per heavy atom. The highest BCUT2D eigenvalue weighted by Crippen LogP contribution is 2.03. The molecule has 5 heteroatoms. The second kappa shape index (κ2) is 12.1. The van der Waals surface area contributed by atoms with Gasteiger partial charge in [-0.15, -0.1) is 5.10 Å². The molecule has 2 aromatic rings. The van der Waals surface area contributed by atoms with Crippen LogP contribution < -0.4 is 0 Å². The lowest BCUT2D eigenvalue weighted by molar-refractivity contribution is -0.143. The maximum Gasteiger partial charge on any atom is 0.305 e. The number of benzene rings is 1. The van der Waals surface area contributed by atoms with Gasteiger partial charge in [0.25, 0.3) is 0 Å². The normalized spacial score (nSPS) is 11.9. The number of nitrogens with zero attached hydrogens (tertiary/aromatic N) is 2. The first kappa shape index (κ1) is 18.6. The molecule has 1 heterocycles. The minimum atomic E-state index is -0.0880. The van der Waals surface area contributed by atoms with Crippen LogP contribution in [0.1, 0.15) is 39.5 Å². The van der Waals surface area contributed by atoms with Crippen LogP contribution >= 0.6 is 0 Å². The lowest BCUT2D eigenvalue weighted by Gasteiger charge is -1.96. The second-order valence-electron chi connectivity index (χ2n) is 4.82. The van der Waals surface area contributed by atoms with E-state index in [1.165, 1.54) is 12.8 Å². The Balaban J connectivity index is 0.000000176. The second-order valence-corrected chi connectivity index (χ2v) is 4.82. The van der Waals surface area contributed by atoms with Gasteiger partial charge in [-0.2, -0.15) is 0 Å². The molecule has 0 amide bonds. The summed E-state index contributed by atoms with van der Waals surface area (Å²) in [5, 5.41) is 10.2. The third kappa shape index (κ3) is 8.56. The maximum absolute atomic E-state index is 10.4. The fourth-order valence-electron chi connectivity index (χ4n) is 1.77. The molecule has 0 unspecified atom stereocenters. The number of fused-ring (bicyclic) bond motifs is 1. The van der Waals surface area contributed by atoms with Gasteiger partial charge in [0.15, 0.2) is 0 Å². The van der Waals surface area contributed by atoms with E-state index in [1.54, 1.807) is 0 Å². The summed E-state index contributed by atoms with van der Waals surface area (Å²) in [6.07, 6.45) is 12.4. The summed E-state index contributed by atoms with van der Waals surface area (Å²) in [7, 11) is 0. The molecular weight excluding hydrogens is 290 g/mol. The first-order valence-corrected chi connectivity index (χ1v) is 8.01. The van der Waals surface area contributed by atoms with Crippen molar-refractivity contribution in [2.75, 3.05) is 6.61 Å². The summed E-state index contributed by atoms with van der Waals surface area (Å²) < 4.78 is 4.64. The van der Waals surface area contributed by atoms with E-state index in [0.717, 1.165) is 17.5 Å². The number of nitrogens with one attached hydrogen (secondary N) is 1. The van der Waals surface area contributed by atoms with Crippen molar-refractivity contribution in [1.82, 2.24) is 15.4 Å². The maximum atomic E-state index is 10.4. The van der Waals surface area contributed by atoms with E-state index >= 15 is 0 Å². The van der Waals surface area contributed by atoms with Gasteiger partial charge in [-0.1, -0.05) is 48.6 Å². The number of aromatic nitrogens is 3. The Hall–Kier alpha value is -2.43. The molecule has 1 aliphatic rings. The van der Waals surface area contributed by atoms with Gasteiger partial charge in [-0.3, -0.25) is 9.89 Å². The predicted molar refractivity (Wildman–Crippen MR) is 92.9 cm³/mol. The van der Waals surface area contributed by atoms with Crippen LogP contribution in [-0.4, -0.2) is 28.0 Å². The number of H-pyrrole nitrogens is 1. The van der Waals surface area contributed by atoms with Crippen molar-refractivity contribution in [1.29, 1.82) is 0 Å². The Bertz CT molecular complexity index is 567. The lowest BCUT2D eigenvalue weighted by atomic mass is 10.2. The van der Waals surface area contributed by atoms with Gasteiger partial charge in [-0.05, 0) is 38.3 Å². The van der Waals surface area contributed by atoms with Crippen molar-refractivity contribution in [3.8, 4) is 0 Å². The van der Waals surface area contributed by atoms with Gasteiger partial charge in [0, 0.05) is 6.42 Å². The van der Waals surface area contributed by atoms with Gasteiger partial charge in [0.1, 0.15) is 5.52 Å². The van der Waals surface area contributed by atoms with Crippen LogP contribution in [0.15, 0.2) is 48.6 Å². The summed E-state index contributed by atoms with van der Waals surface area (Å²) in [5.74, 6) is -0.0880. The number of carbonyl (C=O) groups excluding carboxylic acids is 1. The molecule has 0 saturated carbocycles. The Morgan fingerprint density at radius 1 is 1.17 bits per heavy atom. The van der Waals surface area contributed by atoms with Gasteiger partial charge in [0.2, 0.25) is 0 Å². The van der Waals surface area contributed by atoms with Crippen LogP contribution in [0.25, 0.3) is 11.0 Å². The molecular formula is C18H25N3O2. The summed E-state index contributed by atoms with van der Waals surface area (Å²) in [6, 6.07) is 7.74. The van der Waals surface area contributed by atoms with Crippen molar-refractivity contribution < 1.29 is 9.53 Å². The number of allylic oxidation sites excluding steroid dienone is 4. The van der Waals surface area contributed by atoms with Gasteiger partial charge < -0.3 is 4.74 Å². The molecule has 0 radical (unpaired) electrons. The molecule has 3 rings (SSSR count). The van der Waals surface area contributed by atoms with Crippen molar-refractivity contribution in [2.24, 2.45) is 0 Å². The number of carbonyl (C=O) groups is 1. The molecule has 1 aromatic carbocycles. The number of ether oxygens (including phenoxy) is 1. The van der Waals surface area contributed by atoms with Gasteiger partial charge >= 0.3 is 5.97 Å². The molecule has 0 bridgehead atoms. The number of aromatic amines is 1. The minimum absolute atomic E-state index is 0.0880. The van der Waals surface area contributed by atoms with E-state index in [4.69, 9.17) is 0 Å². The summed E-state index contributed by atoms with van der Waals surface area (Å²) in [4.78, 5) is 10.4. The third-order valence-corrected chi connectivity index (χ3v) is 2.87. The molecule has 1 aliphatic carbocycles. The minimum Gasteiger partial charge on any atom is -0.466 e. The van der Waals surface area contributed by atoms with Gasteiger partial charge in [-0.25, -0.2) is 0 Å². The number of hydrogen-bond donors (Lipinski definition) is 1. The third-order valence-electron chi connectivity index (χ3n) is 2.87. The molecule has 0 fully saturated rings. The first-order valence-electron chi connectivity index (χ1n) is 8.01. The summed E-state index contributed by atoms with van der Waals surface area (Å²) in [6.45, 7) is 4.27. The van der Waals surface area contributed by atoms with Crippen molar-refractivity contribution in [3.05, 3.63) is 48.6 Å². The van der Waals surface area contributed by atoms with Crippen molar-refractivity contribution in [3.63, 3.8) is 0 Å². The zero-order valence-corrected chi connectivity index (χ0v) is 13.9. The Kier molecular flexibility index (Phi) is 9.83. The molecule has 0 atom stereocenters. The van der Waals surface area contributed by atoms with Crippen molar-refractivity contribution in [2.45, 2.75) is 39.5 Å². The van der Waals surface area contributed by atoms with E-state index < -0.39 is 0 Å². The number of hydrogen-bond acceptors (Lipinski definition) is 4. The van der Waals surface area contributed by atoms with E-state index in [-0.39, 0.29) is 5.97 Å². The standard InChI is InChI=1S/C6H5N3.C6H12O2.C6H8/c1-2-4-6-5(3-1)7-9-8-6;1-3-5-6(7)8-4-2;1-2-4-6-5-3-1/h1-4H,(H,7,8,9);3-5H2,1-2H3;1-4H,5-6H2. The summed E-state index contributed by atoms with van der Waals surface area (Å²) >= 11 is 0. The highest BCUT2D eigenvalue weighted by molar-refractivity contribution is 5.72. The molecule has 1 N–H and O–H groups in total. The first-order chi connectivity index (χ1) is 11.3. The zero-order chi connectivity index (χ0) is 16.8. The van der Waals surface area contributed by atoms with Crippen LogP contribution in [0.5, 0.6) is 0 Å². The molecule has 0 saturated heterocycles. The smallest absolute Gasteiger partial charge is 0.305 e. The van der Waals surface area contributed by atoms with Crippen LogP contribution in [0.3, 0.4) is 0 Å². The number of rotatable bonds is 3.